The SMILES string of the molecule is COc1ccc(S(=O)(=O)NC[C@@H](C)c2ccccc2)cc1OC. The lowest BCUT2D eigenvalue weighted by molar-refractivity contribution is 0.354. The first-order chi connectivity index (χ1) is 11.0. The third-order valence-electron chi connectivity index (χ3n) is 3.61. The van der Waals surface area contributed by atoms with E-state index < -0.39 is 10.0 Å². The van der Waals surface area contributed by atoms with Gasteiger partial charge in [0, 0.05) is 12.6 Å². The molecule has 2 aromatic carbocycles. The molecule has 124 valence electrons. The molecule has 0 amide bonds. The van der Waals surface area contributed by atoms with Crippen LogP contribution in [0.1, 0.15) is 18.4 Å². The predicted octanol–water partition coefficient (Wildman–Crippen LogP) is 2.79. The van der Waals surface area contributed by atoms with Crippen molar-refractivity contribution in [3.05, 3.63) is 54.1 Å². The van der Waals surface area contributed by atoms with Gasteiger partial charge in [0.1, 0.15) is 0 Å². The molecule has 0 unspecified atom stereocenters. The van der Waals surface area contributed by atoms with Gasteiger partial charge in [0.15, 0.2) is 11.5 Å². The summed E-state index contributed by atoms with van der Waals surface area (Å²) in [6, 6.07) is 14.3. The van der Waals surface area contributed by atoms with Crippen molar-refractivity contribution in [3.8, 4) is 11.5 Å². The topological polar surface area (TPSA) is 64.6 Å². The Morgan fingerprint density at radius 2 is 1.65 bits per heavy atom. The molecule has 0 fully saturated rings. The van der Waals surface area contributed by atoms with Crippen molar-refractivity contribution in [2.75, 3.05) is 20.8 Å². The number of sulfonamides is 1. The molecule has 0 bridgehead atoms. The maximum Gasteiger partial charge on any atom is 0.240 e. The van der Waals surface area contributed by atoms with Gasteiger partial charge in [-0.1, -0.05) is 37.3 Å². The second kappa shape index (κ2) is 7.48. The van der Waals surface area contributed by atoms with E-state index in [4.69, 9.17) is 9.47 Å². The largest absolute Gasteiger partial charge is 0.493 e. The van der Waals surface area contributed by atoms with Crippen molar-refractivity contribution in [2.24, 2.45) is 0 Å². The summed E-state index contributed by atoms with van der Waals surface area (Å²) >= 11 is 0. The molecular weight excluding hydrogens is 314 g/mol. The van der Waals surface area contributed by atoms with Crippen LogP contribution in [0.2, 0.25) is 0 Å². The van der Waals surface area contributed by atoms with Gasteiger partial charge >= 0.3 is 0 Å². The Kier molecular flexibility index (Phi) is 5.63. The van der Waals surface area contributed by atoms with E-state index in [1.54, 1.807) is 6.07 Å². The van der Waals surface area contributed by atoms with Crippen LogP contribution in [-0.2, 0) is 10.0 Å². The van der Waals surface area contributed by atoms with E-state index in [-0.39, 0.29) is 10.8 Å². The molecule has 0 heterocycles. The summed E-state index contributed by atoms with van der Waals surface area (Å²) in [4.78, 5) is 0.149. The molecule has 0 radical (unpaired) electrons. The standard InChI is InChI=1S/C17H21NO4S/c1-13(14-7-5-4-6-8-14)12-18-23(19,20)15-9-10-16(21-2)17(11-15)22-3/h4-11,13,18H,12H2,1-3H3/t13-/m1/s1. The third kappa shape index (κ3) is 4.24. The summed E-state index contributed by atoms with van der Waals surface area (Å²) in [5.41, 5.74) is 1.09. The van der Waals surface area contributed by atoms with E-state index in [2.05, 4.69) is 4.72 Å². The van der Waals surface area contributed by atoms with Crippen molar-refractivity contribution in [3.63, 3.8) is 0 Å². The molecule has 0 aliphatic heterocycles. The molecular formula is C17H21NO4S. The molecule has 0 aliphatic carbocycles. The van der Waals surface area contributed by atoms with Crippen LogP contribution in [0.3, 0.4) is 0 Å². The molecule has 0 saturated carbocycles. The Balaban J connectivity index is 2.13. The van der Waals surface area contributed by atoms with Gasteiger partial charge in [0.05, 0.1) is 19.1 Å². The second-order valence-corrected chi connectivity index (χ2v) is 6.95. The highest BCUT2D eigenvalue weighted by Crippen LogP contribution is 2.29. The van der Waals surface area contributed by atoms with Gasteiger partial charge in [0.2, 0.25) is 10.0 Å². The fraction of sp³-hybridized carbons (Fsp3) is 0.294. The summed E-state index contributed by atoms with van der Waals surface area (Å²) in [6.45, 7) is 2.30. The van der Waals surface area contributed by atoms with Crippen LogP contribution in [0.4, 0.5) is 0 Å². The fourth-order valence-electron chi connectivity index (χ4n) is 2.20. The van der Waals surface area contributed by atoms with E-state index in [9.17, 15) is 8.42 Å². The van der Waals surface area contributed by atoms with E-state index in [1.165, 1.54) is 26.4 Å². The van der Waals surface area contributed by atoms with Crippen LogP contribution in [0.25, 0.3) is 0 Å². The van der Waals surface area contributed by atoms with Gasteiger partial charge in [0.25, 0.3) is 0 Å². The number of hydrogen-bond donors (Lipinski definition) is 1. The molecule has 5 nitrogen and oxygen atoms in total. The van der Waals surface area contributed by atoms with Crippen LogP contribution in [-0.4, -0.2) is 29.2 Å². The highest BCUT2D eigenvalue weighted by Gasteiger charge is 2.18. The number of methoxy groups -OCH3 is 2. The maximum atomic E-state index is 12.4. The Morgan fingerprint density at radius 3 is 2.26 bits per heavy atom. The fourth-order valence-corrected chi connectivity index (χ4v) is 3.35. The zero-order chi connectivity index (χ0) is 16.9. The van der Waals surface area contributed by atoms with Crippen LogP contribution in [0.5, 0.6) is 11.5 Å². The first-order valence-electron chi connectivity index (χ1n) is 7.24. The van der Waals surface area contributed by atoms with E-state index >= 15 is 0 Å². The van der Waals surface area contributed by atoms with Gasteiger partial charge < -0.3 is 9.47 Å². The molecule has 0 aromatic heterocycles. The van der Waals surface area contributed by atoms with Crippen LogP contribution >= 0.6 is 0 Å². The zero-order valence-electron chi connectivity index (χ0n) is 13.4. The van der Waals surface area contributed by atoms with Crippen molar-refractivity contribution in [2.45, 2.75) is 17.7 Å². The summed E-state index contributed by atoms with van der Waals surface area (Å²) in [6.07, 6.45) is 0. The lowest BCUT2D eigenvalue weighted by atomic mass is 10.0. The van der Waals surface area contributed by atoms with Crippen molar-refractivity contribution in [1.82, 2.24) is 4.72 Å². The average molecular weight is 335 g/mol. The van der Waals surface area contributed by atoms with Gasteiger partial charge in [-0.3, -0.25) is 0 Å². The molecule has 6 heteroatoms. The lowest BCUT2D eigenvalue weighted by Gasteiger charge is -2.14. The van der Waals surface area contributed by atoms with Crippen LogP contribution in [0, 0.1) is 0 Å². The maximum absolute atomic E-state index is 12.4. The Bertz CT molecular complexity index is 744. The zero-order valence-corrected chi connectivity index (χ0v) is 14.3. The normalized spacial score (nSPS) is 12.7. The molecule has 2 aromatic rings. The Labute approximate surface area is 137 Å². The van der Waals surface area contributed by atoms with Gasteiger partial charge in [-0.15, -0.1) is 0 Å². The van der Waals surface area contributed by atoms with Crippen LogP contribution in [0.15, 0.2) is 53.4 Å². The smallest absolute Gasteiger partial charge is 0.240 e. The summed E-state index contributed by atoms with van der Waals surface area (Å²) in [5, 5.41) is 0. The molecule has 0 saturated heterocycles. The minimum absolute atomic E-state index is 0.0751. The van der Waals surface area contributed by atoms with E-state index in [0.717, 1.165) is 5.56 Å². The quantitative estimate of drug-likeness (QED) is 0.845. The molecule has 1 atom stereocenters. The van der Waals surface area contributed by atoms with Crippen molar-refractivity contribution < 1.29 is 17.9 Å². The third-order valence-corrected chi connectivity index (χ3v) is 5.03. The predicted molar refractivity (Wildman–Crippen MR) is 89.6 cm³/mol. The summed E-state index contributed by atoms with van der Waals surface area (Å²) in [7, 11) is -0.629. The molecule has 0 spiro atoms. The Morgan fingerprint density at radius 1 is 1.00 bits per heavy atom. The van der Waals surface area contributed by atoms with Gasteiger partial charge in [-0.2, -0.15) is 0 Å². The van der Waals surface area contributed by atoms with Gasteiger partial charge in [-0.05, 0) is 23.6 Å². The highest BCUT2D eigenvalue weighted by atomic mass is 32.2. The van der Waals surface area contributed by atoms with Crippen LogP contribution < -0.4 is 14.2 Å². The van der Waals surface area contributed by atoms with Crippen molar-refractivity contribution in [1.29, 1.82) is 0 Å². The Hall–Kier alpha value is -2.05. The molecule has 23 heavy (non-hydrogen) atoms. The number of nitrogens with one attached hydrogen (secondary N) is 1. The summed E-state index contributed by atoms with van der Waals surface area (Å²) < 4.78 is 37.8. The van der Waals surface area contributed by atoms with E-state index in [1.807, 2.05) is 37.3 Å². The number of benzene rings is 2. The number of rotatable bonds is 7. The molecule has 0 aliphatic rings. The second-order valence-electron chi connectivity index (χ2n) is 5.18. The van der Waals surface area contributed by atoms with Gasteiger partial charge in [-0.25, -0.2) is 13.1 Å². The monoisotopic (exact) mass is 335 g/mol. The first kappa shape index (κ1) is 17.3. The minimum Gasteiger partial charge on any atom is -0.493 e. The highest BCUT2D eigenvalue weighted by molar-refractivity contribution is 7.89. The first-order valence-corrected chi connectivity index (χ1v) is 8.73. The number of ether oxygens (including phenoxy) is 2. The average Bonchev–Trinajstić information content (AvgIpc) is 2.59. The summed E-state index contributed by atoms with van der Waals surface area (Å²) in [5.74, 6) is 0.946. The molecule has 2 rings (SSSR count). The van der Waals surface area contributed by atoms with Crippen molar-refractivity contribution >= 4 is 10.0 Å². The molecule has 1 N–H and O–H groups in total. The van der Waals surface area contributed by atoms with E-state index in [0.29, 0.717) is 18.0 Å². The number of hydrogen-bond acceptors (Lipinski definition) is 4. The minimum atomic E-state index is -3.61. The lowest BCUT2D eigenvalue weighted by Crippen LogP contribution is -2.27.